The van der Waals surface area contributed by atoms with Gasteiger partial charge in [-0.15, -0.1) is 11.3 Å². The summed E-state index contributed by atoms with van der Waals surface area (Å²) >= 11 is 10.2. The van der Waals surface area contributed by atoms with E-state index in [0.29, 0.717) is 11.0 Å². The molecule has 0 radical (unpaired) electrons. The molecular weight excluding hydrogens is 379 g/mol. The minimum absolute atomic E-state index is 0.513. The van der Waals surface area contributed by atoms with Gasteiger partial charge in [0.2, 0.25) is 0 Å². The number of hydrogen-bond acceptors (Lipinski definition) is 3. The maximum Gasteiger partial charge on any atom is 0.171 e. The van der Waals surface area contributed by atoms with E-state index < -0.39 is 0 Å². The van der Waals surface area contributed by atoms with Crippen LogP contribution in [0, 0.1) is 10.5 Å². The molecule has 18 heavy (non-hydrogen) atoms. The van der Waals surface area contributed by atoms with Crippen LogP contribution in [0.25, 0.3) is 21.6 Å². The van der Waals surface area contributed by atoms with Crippen molar-refractivity contribution in [3.05, 3.63) is 43.9 Å². The summed E-state index contributed by atoms with van der Waals surface area (Å²) in [6.45, 7) is 2.07. The SMILES string of the molecule is Cc1ccc(-c2nc(Cl)c3cc(I)ccc3n2)s1. The molecule has 0 amide bonds. The molecule has 0 unspecified atom stereocenters. The van der Waals surface area contributed by atoms with E-state index in [1.54, 1.807) is 11.3 Å². The maximum absolute atomic E-state index is 6.24. The molecule has 2 heterocycles. The van der Waals surface area contributed by atoms with E-state index in [0.717, 1.165) is 19.4 Å². The van der Waals surface area contributed by atoms with Gasteiger partial charge in [0.05, 0.1) is 10.4 Å². The summed E-state index contributed by atoms with van der Waals surface area (Å²) in [5.74, 6) is 0.701. The summed E-state index contributed by atoms with van der Waals surface area (Å²) in [5, 5.41) is 1.42. The number of aryl methyl sites for hydroxylation is 1. The number of halogens is 2. The van der Waals surface area contributed by atoms with Crippen LogP contribution in [0.4, 0.5) is 0 Å². The van der Waals surface area contributed by atoms with Gasteiger partial charge >= 0.3 is 0 Å². The highest BCUT2D eigenvalue weighted by Gasteiger charge is 2.09. The Hall–Kier alpha value is -0.720. The van der Waals surface area contributed by atoms with E-state index in [4.69, 9.17) is 11.6 Å². The first-order chi connectivity index (χ1) is 8.63. The zero-order valence-corrected chi connectivity index (χ0v) is 13.2. The summed E-state index contributed by atoms with van der Waals surface area (Å²) in [4.78, 5) is 11.3. The summed E-state index contributed by atoms with van der Waals surface area (Å²) in [7, 11) is 0. The van der Waals surface area contributed by atoms with Gasteiger partial charge in [0.15, 0.2) is 5.82 Å². The molecule has 0 saturated carbocycles. The monoisotopic (exact) mass is 386 g/mol. The average molecular weight is 387 g/mol. The van der Waals surface area contributed by atoms with Gasteiger partial charge in [0.25, 0.3) is 0 Å². The van der Waals surface area contributed by atoms with E-state index in [-0.39, 0.29) is 0 Å². The average Bonchev–Trinajstić information content (AvgIpc) is 2.77. The highest BCUT2D eigenvalue weighted by atomic mass is 127. The molecule has 0 spiro atoms. The molecule has 0 saturated heterocycles. The first-order valence-electron chi connectivity index (χ1n) is 5.33. The van der Waals surface area contributed by atoms with Crippen LogP contribution in [0.5, 0.6) is 0 Å². The predicted octanol–water partition coefficient (Wildman–Crippen LogP) is 4.92. The van der Waals surface area contributed by atoms with Crippen molar-refractivity contribution < 1.29 is 0 Å². The summed E-state index contributed by atoms with van der Waals surface area (Å²) in [6.07, 6.45) is 0. The Bertz CT molecular complexity index is 739. The Morgan fingerprint density at radius 1 is 1.17 bits per heavy atom. The van der Waals surface area contributed by atoms with E-state index >= 15 is 0 Å². The Kier molecular flexibility index (Phi) is 3.25. The van der Waals surface area contributed by atoms with Crippen molar-refractivity contribution in [3.63, 3.8) is 0 Å². The lowest BCUT2D eigenvalue weighted by atomic mass is 10.2. The van der Waals surface area contributed by atoms with Gasteiger partial charge in [-0.05, 0) is 59.8 Å². The smallest absolute Gasteiger partial charge is 0.171 e. The van der Waals surface area contributed by atoms with Crippen molar-refractivity contribution in [1.82, 2.24) is 9.97 Å². The summed E-state index contributed by atoms with van der Waals surface area (Å²) < 4.78 is 1.13. The largest absolute Gasteiger partial charge is 0.227 e. The summed E-state index contributed by atoms with van der Waals surface area (Å²) in [6, 6.07) is 10.1. The number of nitrogens with zero attached hydrogens (tertiary/aromatic N) is 2. The maximum atomic E-state index is 6.24. The number of rotatable bonds is 1. The van der Waals surface area contributed by atoms with Crippen LogP contribution in [-0.4, -0.2) is 9.97 Å². The van der Waals surface area contributed by atoms with Gasteiger partial charge in [0, 0.05) is 13.8 Å². The lowest BCUT2D eigenvalue weighted by Crippen LogP contribution is -1.90. The molecule has 2 nitrogen and oxygen atoms in total. The molecule has 0 N–H and O–H groups in total. The van der Waals surface area contributed by atoms with Gasteiger partial charge in [0.1, 0.15) is 5.15 Å². The van der Waals surface area contributed by atoms with E-state index in [2.05, 4.69) is 45.5 Å². The number of benzene rings is 1. The molecule has 3 rings (SSSR count). The first-order valence-corrected chi connectivity index (χ1v) is 7.60. The lowest BCUT2D eigenvalue weighted by molar-refractivity contribution is 1.24. The predicted molar refractivity (Wildman–Crippen MR) is 85.3 cm³/mol. The highest BCUT2D eigenvalue weighted by molar-refractivity contribution is 14.1. The third kappa shape index (κ3) is 2.24. The van der Waals surface area contributed by atoms with Gasteiger partial charge in [-0.25, -0.2) is 9.97 Å². The molecular formula is C13H8ClIN2S. The van der Waals surface area contributed by atoms with Gasteiger partial charge in [-0.1, -0.05) is 11.6 Å². The molecule has 1 aromatic carbocycles. The molecule has 90 valence electrons. The quantitative estimate of drug-likeness (QED) is 0.438. The van der Waals surface area contributed by atoms with Crippen LogP contribution < -0.4 is 0 Å². The number of fused-ring (bicyclic) bond motifs is 1. The van der Waals surface area contributed by atoms with E-state index in [1.165, 1.54) is 4.88 Å². The molecule has 5 heteroatoms. The van der Waals surface area contributed by atoms with Crippen molar-refractivity contribution in [2.75, 3.05) is 0 Å². The topological polar surface area (TPSA) is 25.8 Å². The molecule has 0 aliphatic heterocycles. The molecule has 0 aliphatic carbocycles. The minimum Gasteiger partial charge on any atom is -0.227 e. The molecule has 0 fully saturated rings. The van der Waals surface area contributed by atoms with Crippen molar-refractivity contribution >= 4 is 56.4 Å². The molecule has 0 bridgehead atoms. The van der Waals surface area contributed by atoms with Crippen LogP contribution >= 0.6 is 45.5 Å². The third-order valence-electron chi connectivity index (χ3n) is 2.57. The Morgan fingerprint density at radius 3 is 2.72 bits per heavy atom. The van der Waals surface area contributed by atoms with Crippen molar-refractivity contribution in [3.8, 4) is 10.7 Å². The van der Waals surface area contributed by atoms with E-state index in [1.807, 2.05) is 24.3 Å². The Labute approximate surface area is 127 Å². The van der Waals surface area contributed by atoms with Crippen LogP contribution in [-0.2, 0) is 0 Å². The van der Waals surface area contributed by atoms with Crippen molar-refractivity contribution in [1.29, 1.82) is 0 Å². The van der Waals surface area contributed by atoms with Crippen LogP contribution in [0.15, 0.2) is 30.3 Å². The Morgan fingerprint density at radius 2 is 2.00 bits per heavy atom. The fourth-order valence-electron chi connectivity index (χ4n) is 1.73. The minimum atomic E-state index is 0.513. The van der Waals surface area contributed by atoms with E-state index in [9.17, 15) is 0 Å². The zero-order valence-electron chi connectivity index (χ0n) is 9.45. The molecule has 0 atom stereocenters. The van der Waals surface area contributed by atoms with Gasteiger partial charge in [-0.2, -0.15) is 0 Å². The molecule has 0 aliphatic rings. The fourth-order valence-corrected chi connectivity index (χ4v) is 3.25. The second-order valence-corrected chi connectivity index (χ2v) is 6.80. The number of hydrogen-bond donors (Lipinski definition) is 0. The standard InChI is InChI=1S/C13H8ClIN2S/c1-7-2-5-11(18-7)13-16-10-4-3-8(15)6-9(10)12(14)17-13/h2-6H,1H3. The lowest BCUT2D eigenvalue weighted by Gasteiger charge is -2.03. The second kappa shape index (κ2) is 4.75. The van der Waals surface area contributed by atoms with Crippen LogP contribution in [0.1, 0.15) is 4.88 Å². The fraction of sp³-hybridized carbons (Fsp3) is 0.0769. The number of aromatic nitrogens is 2. The number of thiophene rings is 1. The zero-order chi connectivity index (χ0) is 12.7. The van der Waals surface area contributed by atoms with Crippen molar-refractivity contribution in [2.24, 2.45) is 0 Å². The van der Waals surface area contributed by atoms with Crippen molar-refractivity contribution in [2.45, 2.75) is 6.92 Å². The molecule has 2 aromatic heterocycles. The van der Waals surface area contributed by atoms with Gasteiger partial charge < -0.3 is 0 Å². The van der Waals surface area contributed by atoms with Crippen LogP contribution in [0.2, 0.25) is 5.15 Å². The van der Waals surface area contributed by atoms with Crippen LogP contribution in [0.3, 0.4) is 0 Å². The second-order valence-electron chi connectivity index (χ2n) is 3.91. The first kappa shape index (κ1) is 12.3. The molecule has 3 aromatic rings. The Balaban J connectivity index is 2.24. The third-order valence-corrected chi connectivity index (χ3v) is 4.53. The highest BCUT2D eigenvalue weighted by Crippen LogP contribution is 2.29. The summed E-state index contributed by atoms with van der Waals surface area (Å²) in [5.41, 5.74) is 0.886. The van der Waals surface area contributed by atoms with Gasteiger partial charge in [-0.3, -0.25) is 0 Å². The normalized spacial score (nSPS) is 11.1.